The zero-order valence-electron chi connectivity index (χ0n) is 13.5. The number of halogens is 2. The van der Waals surface area contributed by atoms with Crippen LogP contribution in [-0.4, -0.2) is 30.7 Å². The number of non-ortho nitro benzene ring substituents is 1. The van der Waals surface area contributed by atoms with Crippen LogP contribution >= 0.6 is 11.8 Å². The summed E-state index contributed by atoms with van der Waals surface area (Å²) >= 11 is 1.15. The Morgan fingerprint density at radius 1 is 1.20 bits per heavy atom. The van der Waals surface area contributed by atoms with Gasteiger partial charge >= 0.3 is 0 Å². The van der Waals surface area contributed by atoms with Crippen molar-refractivity contribution in [3.63, 3.8) is 0 Å². The number of thioether (sulfide) groups is 1. The molecule has 0 heterocycles. The summed E-state index contributed by atoms with van der Waals surface area (Å²) in [6, 6.07) is 7.83. The van der Waals surface area contributed by atoms with Crippen LogP contribution in [0.25, 0.3) is 0 Å². The van der Waals surface area contributed by atoms with E-state index in [4.69, 9.17) is 0 Å². The maximum absolute atomic E-state index is 13.9. The molecule has 0 unspecified atom stereocenters. The monoisotopic (exact) mass is 367 g/mol. The van der Waals surface area contributed by atoms with E-state index in [0.717, 1.165) is 23.9 Å². The molecule has 0 fully saturated rings. The van der Waals surface area contributed by atoms with Gasteiger partial charge in [0.15, 0.2) is 11.6 Å². The normalized spacial score (nSPS) is 10.4. The number of amides is 1. The highest BCUT2D eigenvalue weighted by molar-refractivity contribution is 8.00. The summed E-state index contributed by atoms with van der Waals surface area (Å²) in [7, 11) is 3.03. The fourth-order valence-electron chi connectivity index (χ4n) is 2.07. The standard InChI is InChI=1S/C16H15F2N3O3S/c1-20(2)16-13(17)7-10(8-14(16)18)19-15(22)9-25-12-5-3-11(4-6-12)21(23)24/h3-8H,9H2,1-2H3,(H,19,22). The summed E-state index contributed by atoms with van der Waals surface area (Å²) in [5, 5.41) is 13.0. The van der Waals surface area contributed by atoms with Gasteiger partial charge in [0.2, 0.25) is 5.91 Å². The number of nitrogens with zero attached hydrogens (tertiary/aromatic N) is 2. The van der Waals surface area contributed by atoms with Crippen LogP contribution < -0.4 is 10.2 Å². The van der Waals surface area contributed by atoms with E-state index in [-0.39, 0.29) is 22.8 Å². The fraction of sp³-hybridized carbons (Fsp3) is 0.188. The maximum Gasteiger partial charge on any atom is 0.269 e. The zero-order chi connectivity index (χ0) is 18.6. The first-order valence-electron chi connectivity index (χ1n) is 7.11. The van der Waals surface area contributed by atoms with Crippen molar-refractivity contribution in [2.24, 2.45) is 0 Å². The van der Waals surface area contributed by atoms with Gasteiger partial charge in [0.1, 0.15) is 5.69 Å². The van der Waals surface area contributed by atoms with Crippen LogP contribution in [0.15, 0.2) is 41.3 Å². The SMILES string of the molecule is CN(C)c1c(F)cc(NC(=O)CSc2ccc([N+](=O)[O-])cc2)cc1F. The minimum absolute atomic E-state index is 0.00349. The number of nitro groups is 1. The number of anilines is 2. The van der Waals surface area contributed by atoms with Crippen LogP contribution in [0.5, 0.6) is 0 Å². The van der Waals surface area contributed by atoms with E-state index in [9.17, 15) is 23.7 Å². The van der Waals surface area contributed by atoms with Crippen molar-refractivity contribution in [2.45, 2.75) is 4.90 Å². The lowest BCUT2D eigenvalue weighted by Gasteiger charge is -2.15. The van der Waals surface area contributed by atoms with Gasteiger partial charge in [0.25, 0.3) is 5.69 Å². The quantitative estimate of drug-likeness (QED) is 0.479. The van der Waals surface area contributed by atoms with Crippen molar-refractivity contribution in [1.82, 2.24) is 0 Å². The van der Waals surface area contributed by atoms with Gasteiger partial charge in [-0.15, -0.1) is 11.8 Å². The number of carbonyl (C=O) groups excluding carboxylic acids is 1. The Morgan fingerprint density at radius 3 is 2.24 bits per heavy atom. The average Bonchev–Trinajstić information content (AvgIpc) is 2.52. The second kappa shape index (κ2) is 7.93. The van der Waals surface area contributed by atoms with Crippen molar-refractivity contribution < 1.29 is 18.5 Å². The summed E-state index contributed by atoms with van der Waals surface area (Å²) < 4.78 is 27.7. The minimum Gasteiger partial charge on any atom is -0.373 e. The van der Waals surface area contributed by atoms with Crippen molar-refractivity contribution >= 4 is 34.7 Å². The molecule has 1 N–H and O–H groups in total. The van der Waals surface area contributed by atoms with Gasteiger partial charge in [-0.25, -0.2) is 8.78 Å². The number of nitro benzene ring substituents is 1. The topological polar surface area (TPSA) is 75.5 Å². The Balaban J connectivity index is 1.97. The summed E-state index contributed by atoms with van der Waals surface area (Å²) in [6.45, 7) is 0. The summed E-state index contributed by atoms with van der Waals surface area (Å²) in [6.07, 6.45) is 0. The molecule has 6 nitrogen and oxygen atoms in total. The number of hydrogen-bond acceptors (Lipinski definition) is 5. The molecule has 0 atom stereocenters. The van der Waals surface area contributed by atoms with E-state index >= 15 is 0 Å². The van der Waals surface area contributed by atoms with Gasteiger partial charge in [-0.3, -0.25) is 14.9 Å². The molecule has 0 saturated heterocycles. The molecule has 0 saturated carbocycles. The third-order valence-electron chi connectivity index (χ3n) is 3.17. The van der Waals surface area contributed by atoms with E-state index in [0.29, 0.717) is 4.90 Å². The molecule has 132 valence electrons. The zero-order valence-corrected chi connectivity index (χ0v) is 14.3. The van der Waals surface area contributed by atoms with E-state index in [1.165, 1.54) is 43.3 Å². The molecule has 0 aromatic heterocycles. The molecule has 0 spiro atoms. The third kappa shape index (κ3) is 4.90. The van der Waals surface area contributed by atoms with Crippen LogP contribution in [0.2, 0.25) is 0 Å². The van der Waals surface area contributed by atoms with Crippen molar-refractivity contribution in [1.29, 1.82) is 0 Å². The van der Waals surface area contributed by atoms with Crippen molar-refractivity contribution in [3.8, 4) is 0 Å². The number of nitrogens with one attached hydrogen (secondary N) is 1. The molecule has 0 bridgehead atoms. The molecule has 2 aromatic carbocycles. The lowest BCUT2D eigenvalue weighted by molar-refractivity contribution is -0.384. The lowest BCUT2D eigenvalue weighted by Crippen LogP contribution is -2.16. The molecule has 0 aliphatic rings. The third-order valence-corrected chi connectivity index (χ3v) is 4.18. The van der Waals surface area contributed by atoms with Crippen LogP contribution in [-0.2, 0) is 4.79 Å². The van der Waals surface area contributed by atoms with Crippen LogP contribution in [0, 0.1) is 21.7 Å². The van der Waals surface area contributed by atoms with E-state index in [1.54, 1.807) is 0 Å². The number of rotatable bonds is 6. The first-order valence-corrected chi connectivity index (χ1v) is 8.10. The number of carbonyl (C=O) groups is 1. The second-order valence-electron chi connectivity index (χ2n) is 5.27. The van der Waals surface area contributed by atoms with Gasteiger partial charge in [-0.1, -0.05) is 0 Å². The van der Waals surface area contributed by atoms with E-state index in [1.807, 2.05) is 0 Å². The van der Waals surface area contributed by atoms with Crippen LogP contribution in [0.4, 0.5) is 25.8 Å². The van der Waals surface area contributed by atoms with Gasteiger partial charge in [-0.2, -0.15) is 0 Å². The first-order chi connectivity index (χ1) is 11.8. The average molecular weight is 367 g/mol. The molecule has 0 aliphatic carbocycles. The van der Waals surface area contributed by atoms with Gasteiger partial charge in [0.05, 0.1) is 10.7 Å². The minimum atomic E-state index is -0.775. The number of benzene rings is 2. The molecule has 2 aromatic rings. The Bertz CT molecular complexity index is 775. The fourth-order valence-corrected chi connectivity index (χ4v) is 2.77. The molecule has 0 radical (unpaired) electrons. The molecule has 2 rings (SSSR count). The molecule has 25 heavy (non-hydrogen) atoms. The Kier molecular flexibility index (Phi) is 5.92. The van der Waals surface area contributed by atoms with E-state index in [2.05, 4.69) is 5.32 Å². The Labute approximate surface area is 147 Å². The van der Waals surface area contributed by atoms with Gasteiger partial charge < -0.3 is 10.2 Å². The van der Waals surface area contributed by atoms with Crippen molar-refractivity contribution in [3.05, 3.63) is 58.1 Å². The molecule has 9 heteroatoms. The Morgan fingerprint density at radius 2 is 1.76 bits per heavy atom. The highest BCUT2D eigenvalue weighted by Gasteiger charge is 2.14. The van der Waals surface area contributed by atoms with E-state index < -0.39 is 22.5 Å². The smallest absolute Gasteiger partial charge is 0.269 e. The van der Waals surface area contributed by atoms with Crippen molar-refractivity contribution in [2.75, 3.05) is 30.1 Å². The predicted octanol–water partition coefficient (Wildman–Crippen LogP) is 3.67. The molecule has 1 amide bonds. The Hall–Kier alpha value is -2.68. The molecular weight excluding hydrogens is 352 g/mol. The lowest BCUT2D eigenvalue weighted by atomic mass is 10.2. The van der Waals surface area contributed by atoms with Gasteiger partial charge in [0, 0.05) is 36.8 Å². The summed E-state index contributed by atoms with van der Waals surface area (Å²) in [4.78, 5) is 23.9. The van der Waals surface area contributed by atoms with Crippen LogP contribution in [0.1, 0.15) is 0 Å². The summed E-state index contributed by atoms with van der Waals surface area (Å²) in [5.41, 5.74) is -0.200. The number of hydrogen-bond donors (Lipinski definition) is 1. The highest BCUT2D eigenvalue weighted by atomic mass is 32.2. The molecule has 0 aliphatic heterocycles. The summed E-state index contributed by atoms with van der Waals surface area (Å²) in [5.74, 6) is -2.00. The maximum atomic E-state index is 13.9. The highest BCUT2D eigenvalue weighted by Crippen LogP contribution is 2.26. The predicted molar refractivity (Wildman–Crippen MR) is 93.1 cm³/mol. The van der Waals surface area contributed by atoms with Gasteiger partial charge in [-0.05, 0) is 24.3 Å². The van der Waals surface area contributed by atoms with Crippen LogP contribution in [0.3, 0.4) is 0 Å². The molecular formula is C16H15F2N3O3S. The largest absolute Gasteiger partial charge is 0.373 e. The second-order valence-corrected chi connectivity index (χ2v) is 6.32. The first kappa shape index (κ1) is 18.7.